The van der Waals surface area contributed by atoms with Crippen LogP contribution in [0.3, 0.4) is 0 Å². The Hall–Kier alpha value is -0.510. The van der Waals surface area contributed by atoms with E-state index in [0.717, 1.165) is 12.3 Å². The highest BCUT2D eigenvalue weighted by atomic mass is 14.3. The second-order valence-electron chi connectivity index (χ2n) is 2.51. The molecule has 1 aliphatic rings. The summed E-state index contributed by atoms with van der Waals surface area (Å²) in [7, 11) is 0. The van der Waals surface area contributed by atoms with E-state index in [2.05, 4.69) is 6.07 Å². The zero-order chi connectivity index (χ0) is 5.82. The molecule has 0 N–H and O–H groups in total. The summed E-state index contributed by atoms with van der Waals surface area (Å²) >= 11 is 0. The van der Waals surface area contributed by atoms with Crippen molar-refractivity contribution >= 4 is 0 Å². The topological polar surface area (TPSA) is 23.8 Å². The number of rotatable bonds is 1. The van der Waals surface area contributed by atoms with Gasteiger partial charge in [0.15, 0.2) is 0 Å². The Bertz CT molecular complexity index is 95.4. The number of nitriles is 1. The van der Waals surface area contributed by atoms with Crippen molar-refractivity contribution in [2.75, 3.05) is 0 Å². The molecule has 44 valence electrons. The average Bonchev–Trinajstić information content (AvgIpc) is 2.19. The molecule has 1 aliphatic carbocycles. The molecule has 0 aromatic heterocycles. The van der Waals surface area contributed by atoms with Crippen LogP contribution in [-0.2, 0) is 0 Å². The first-order valence-electron chi connectivity index (χ1n) is 3.30. The van der Waals surface area contributed by atoms with Crippen molar-refractivity contribution in [2.45, 2.75) is 32.1 Å². The fraction of sp³-hybridized carbons (Fsp3) is 0.857. The molecule has 0 radical (unpaired) electrons. The summed E-state index contributed by atoms with van der Waals surface area (Å²) in [5.41, 5.74) is 0. The van der Waals surface area contributed by atoms with Gasteiger partial charge in [-0.25, -0.2) is 0 Å². The van der Waals surface area contributed by atoms with Gasteiger partial charge < -0.3 is 0 Å². The van der Waals surface area contributed by atoms with Crippen molar-refractivity contribution in [1.82, 2.24) is 0 Å². The van der Waals surface area contributed by atoms with E-state index in [1.165, 1.54) is 25.7 Å². The molecule has 0 atom stereocenters. The second kappa shape index (κ2) is 2.71. The Kier molecular flexibility index (Phi) is 1.91. The zero-order valence-corrected chi connectivity index (χ0v) is 5.06. The fourth-order valence-electron chi connectivity index (χ4n) is 1.34. The van der Waals surface area contributed by atoms with Crippen molar-refractivity contribution in [1.29, 1.82) is 5.26 Å². The molecular weight excluding hydrogens is 98.1 g/mol. The van der Waals surface area contributed by atoms with Gasteiger partial charge in [0.25, 0.3) is 0 Å². The number of hydrogen-bond acceptors (Lipinski definition) is 1. The molecule has 8 heavy (non-hydrogen) atoms. The molecule has 0 heterocycles. The van der Waals surface area contributed by atoms with Crippen LogP contribution in [0, 0.1) is 17.2 Å². The largest absolute Gasteiger partial charge is 0.198 e. The highest BCUT2D eigenvalue weighted by Gasteiger charge is 2.13. The Balaban J connectivity index is 2.17. The third-order valence-electron chi connectivity index (χ3n) is 1.85. The molecule has 0 unspecified atom stereocenters. The van der Waals surface area contributed by atoms with Crippen LogP contribution in [0.25, 0.3) is 0 Å². The van der Waals surface area contributed by atoms with Gasteiger partial charge in [-0.15, -0.1) is 0 Å². The molecule has 0 aromatic carbocycles. The van der Waals surface area contributed by atoms with Gasteiger partial charge in [0.1, 0.15) is 0 Å². The highest BCUT2D eigenvalue weighted by Crippen LogP contribution is 2.26. The maximum Gasteiger partial charge on any atom is 0.0624 e. The molecule has 0 bridgehead atoms. The molecule has 0 spiro atoms. The Morgan fingerprint density at radius 3 is 2.50 bits per heavy atom. The summed E-state index contributed by atoms with van der Waals surface area (Å²) in [4.78, 5) is 0. The fourth-order valence-corrected chi connectivity index (χ4v) is 1.34. The van der Waals surface area contributed by atoms with Crippen LogP contribution in [0.4, 0.5) is 0 Å². The molecule has 1 saturated carbocycles. The summed E-state index contributed by atoms with van der Waals surface area (Å²) in [6.07, 6.45) is 6.10. The summed E-state index contributed by atoms with van der Waals surface area (Å²) in [6.45, 7) is 0. The molecule has 1 heteroatoms. The first-order chi connectivity index (χ1) is 3.93. The van der Waals surface area contributed by atoms with Crippen LogP contribution in [0.1, 0.15) is 32.1 Å². The number of hydrogen-bond donors (Lipinski definition) is 0. The van der Waals surface area contributed by atoms with E-state index in [-0.39, 0.29) is 0 Å². The molecule has 0 saturated heterocycles. The first-order valence-corrected chi connectivity index (χ1v) is 3.30. The Morgan fingerprint density at radius 1 is 1.38 bits per heavy atom. The van der Waals surface area contributed by atoms with Crippen molar-refractivity contribution in [3.63, 3.8) is 0 Å². The van der Waals surface area contributed by atoms with Crippen molar-refractivity contribution < 1.29 is 0 Å². The predicted molar refractivity (Wildman–Crippen MR) is 32.2 cm³/mol. The van der Waals surface area contributed by atoms with E-state index in [9.17, 15) is 0 Å². The molecule has 0 amide bonds. The molecular formula is C7H11N. The normalized spacial score (nSPS) is 20.9. The lowest BCUT2D eigenvalue weighted by atomic mass is 10.1. The van der Waals surface area contributed by atoms with Gasteiger partial charge in [0.2, 0.25) is 0 Å². The first kappa shape index (κ1) is 5.62. The van der Waals surface area contributed by atoms with Gasteiger partial charge in [-0.05, 0) is 18.8 Å². The van der Waals surface area contributed by atoms with E-state index in [1.54, 1.807) is 0 Å². The summed E-state index contributed by atoms with van der Waals surface area (Å²) < 4.78 is 0. The van der Waals surface area contributed by atoms with Crippen molar-refractivity contribution in [2.24, 2.45) is 5.92 Å². The van der Waals surface area contributed by atoms with Crippen LogP contribution in [0.5, 0.6) is 0 Å². The lowest BCUT2D eigenvalue weighted by Crippen LogP contribution is -1.88. The van der Waals surface area contributed by atoms with E-state index >= 15 is 0 Å². The summed E-state index contributed by atoms with van der Waals surface area (Å²) in [5, 5.41) is 8.28. The standard InChI is InChI=1S/C7H11N/c8-6-5-7-3-1-2-4-7/h7H,1-5H2. The van der Waals surface area contributed by atoms with Crippen LogP contribution in [0.2, 0.25) is 0 Å². The van der Waals surface area contributed by atoms with E-state index in [0.29, 0.717) is 0 Å². The third-order valence-corrected chi connectivity index (χ3v) is 1.85. The second-order valence-corrected chi connectivity index (χ2v) is 2.51. The lowest BCUT2D eigenvalue weighted by molar-refractivity contribution is 0.564. The predicted octanol–water partition coefficient (Wildman–Crippen LogP) is 2.09. The van der Waals surface area contributed by atoms with Crippen LogP contribution < -0.4 is 0 Å². The van der Waals surface area contributed by atoms with Gasteiger partial charge >= 0.3 is 0 Å². The maximum absolute atomic E-state index is 8.28. The molecule has 0 aromatic rings. The van der Waals surface area contributed by atoms with Gasteiger partial charge in [-0.2, -0.15) is 5.26 Å². The minimum Gasteiger partial charge on any atom is -0.198 e. The minimum atomic E-state index is 0.750. The molecule has 0 aliphatic heterocycles. The Labute approximate surface area is 50.3 Å². The van der Waals surface area contributed by atoms with E-state index in [4.69, 9.17) is 5.26 Å². The van der Waals surface area contributed by atoms with Crippen LogP contribution in [-0.4, -0.2) is 0 Å². The third kappa shape index (κ3) is 1.23. The maximum atomic E-state index is 8.28. The van der Waals surface area contributed by atoms with Crippen LogP contribution in [0.15, 0.2) is 0 Å². The summed E-state index contributed by atoms with van der Waals surface area (Å²) in [5.74, 6) is 0.750. The quantitative estimate of drug-likeness (QED) is 0.505. The minimum absolute atomic E-state index is 0.750. The molecule has 1 nitrogen and oxygen atoms in total. The van der Waals surface area contributed by atoms with E-state index < -0.39 is 0 Å². The Morgan fingerprint density at radius 2 is 2.00 bits per heavy atom. The lowest BCUT2D eigenvalue weighted by Gasteiger charge is -1.97. The summed E-state index contributed by atoms with van der Waals surface area (Å²) in [6, 6.07) is 2.21. The van der Waals surface area contributed by atoms with Crippen molar-refractivity contribution in [3.05, 3.63) is 0 Å². The van der Waals surface area contributed by atoms with Gasteiger partial charge in [0.05, 0.1) is 6.07 Å². The molecule has 1 rings (SSSR count). The molecule has 1 fully saturated rings. The van der Waals surface area contributed by atoms with Crippen molar-refractivity contribution in [3.8, 4) is 6.07 Å². The number of nitrogens with zero attached hydrogens (tertiary/aromatic N) is 1. The van der Waals surface area contributed by atoms with Gasteiger partial charge in [-0.3, -0.25) is 0 Å². The SMILES string of the molecule is N#CCC1CCCC1. The monoisotopic (exact) mass is 109 g/mol. The zero-order valence-electron chi connectivity index (χ0n) is 5.06. The van der Waals surface area contributed by atoms with E-state index in [1.807, 2.05) is 0 Å². The van der Waals surface area contributed by atoms with Gasteiger partial charge in [-0.1, -0.05) is 12.8 Å². The highest BCUT2D eigenvalue weighted by molar-refractivity contribution is 4.78. The average molecular weight is 109 g/mol. The smallest absolute Gasteiger partial charge is 0.0624 e. The van der Waals surface area contributed by atoms with Gasteiger partial charge in [0, 0.05) is 6.42 Å². The van der Waals surface area contributed by atoms with Crippen LogP contribution >= 0.6 is 0 Å².